The van der Waals surface area contributed by atoms with Gasteiger partial charge in [-0.25, -0.2) is 0 Å². The standard InChI is InChI=1S/C7H7BrN4S/c1-4-3-5(11-12(4)2)6-9-10-7(8)13-6/h3H,1-2H3. The molecule has 0 saturated heterocycles. The van der Waals surface area contributed by atoms with Crippen LogP contribution in [-0.2, 0) is 7.05 Å². The molecule has 0 aliphatic heterocycles. The second-order valence-corrected chi connectivity index (χ2v) is 4.91. The zero-order valence-corrected chi connectivity index (χ0v) is 9.55. The molecule has 0 aromatic carbocycles. The molecule has 0 radical (unpaired) electrons. The van der Waals surface area contributed by atoms with Crippen molar-refractivity contribution in [3.8, 4) is 10.7 Å². The highest BCUT2D eigenvalue weighted by Crippen LogP contribution is 2.25. The van der Waals surface area contributed by atoms with Crippen LogP contribution < -0.4 is 0 Å². The van der Waals surface area contributed by atoms with E-state index in [0.29, 0.717) is 0 Å². The average molecular weight is 259 g/mol. The Balaban J connectivity index is 2.46. The minimum Gasteiger partial charge on any atom is -0.272 e. The summed E-state index contributed by atoms with van der Waals surface area (Å²) in [6, 6.07) is 1.99. The molecule has 0 amide bonds. The van der Waals surface area contributed by atoms with Gasteiger partial charge >= 0.3 is 0 Å². The fourth-order valence-electron chi connectivity index (χ4n) is 0.974. The Morgan fingerprint density at radius 2 is 2.23 bits per heavy atom. The Bertz CT molecular complexity index is 414. The van der Waals surface area contributed by atoms with Crippen molar-refractivity contribution in [1.29, 1.82) is 0 Å². The van der Waals surface area contributed by atoms with Crippen molar-refractivity contribution in [3.63, 3.8) is 0 Å². The Labute approximate surface area is 87.7 Å². The van der Waals surface area contributed by atoms with Gasteiger partial charge < -0.3 is 0 Å². The van der Waals surface area contributed by atoms with Crippen molar-refractivity contribution < 1.29 is 0 Å². The van der Waals surface area contributed by atoms with Gasteiger partial charge in [-0.1, -0.05) is 11.3 Å². The molecule has 6 heteroatoms. The highest BCUT2D eigenvalue weighted by molar-refractivity contribution is 9.11. The predicted molar refractivity (Wildman–Crippen MR) is 54.5 cm³/mol. The van der Waals surface area contributed by atoms with Gasteiger partial charge in [0.2, 0.25) is 0 Å². The van der Waals surface area contributed by atoms with Gasteiger partial charge in [0.15, 0.2) is 8.92 Å². The van der Waals surface area contributed by atoms with Crippen LogP contribution in [0.4, 0.5) is 0 Å². The van der Waals surface area contributed by atoms with Gasteiger partial charge in [-0.15, -0.1) is 10.2 Å². The lowest BCUT2D eigenvalue weighted by atomic mass is 10.4. The van der Waals surface area contributed by atoms with Crippen molar-refractivity contribution >= 4 is 27.3 Å². The lowest BCUT2D eigenvalue weighted by Crippen LogP contribution is -1.92. The molecule has 0 aliphatic rings. The van der Waals surface area contributed by atoms with Crippen molar-refractivity contribution in [2.75, 3.05) is 0 Å². The van der Waals surface area contributed by atoms with E-state index in [-0.39, 0.29) is 0 Å². The third-order valence-electron chi connectivity index (χ3n) is 1.73. The molecule has 0 bridgehead atoms. The Morgan fingerprint density at radius 3 is 2.69 bits per heavy atom. The molecular formula is C7H7BrN4S. The summed E-state index contributed by atoms with van der Waals surface area (Å²) in [6.07, 6.45) is 0. The maximum absolute atomic E-state index is 4.30. The first-order chi connectivity index (χ1) is 6.16. The van der Waals surface area contributed by atoms with E-state index >= 15 is 0 Å². The van der Waals surface area contributed by atoms with Gasteiger partial charge in [-0.2, -0.15) is 5.10 Å². The normalized spacial score (nSPS) is 10.7. The molecule has 0 saturated carbocycles. The number of nitrogens with zero attached hydrogens (tertiary/aromatic N) is 4. The zero-order chi connectivity index (χ0) is 9.42. The van der Waals surface area contributed by atoms with Gasteiger partial charge in [0.05, 0.1) is 0 Å². The summed E-state index contributed by atoms with van der Waals surface area (Å²) in [5, 5.41) is 13.0. The van der Waals surface area contributed by atoms with Crippen LogP contribution in [0.15, 0.2) is 9.98 Å². The third kappa shape index (κ3) is 1.64. The van der Waals surface area contributed by atoms with Gasteiger partial charge in [0.25, 0.3) is 0 Å². The van der Waals surface area contributed by atoms with E-state index in [2.05, 4.69) is 31.2 Å². The van der Waals surface area contributed by atoms with Crippen LogP contribution >= 0.6 is 27.3 Å². The fourth-order valence-corrected chi connectivity index (χ4v) is 2.04. The van der Waals surface area contributed by atoms with Gasteiger partial charge in [-0.05, 0) is 28.9 Å². The molecule has 0 fully saturated rings. The molecule has 4 nitrogen and oxygen atoms in total. The van der Waals surface area contributed by atoms with E-state index in [1.807, 2.05) is 24.7 Å². The first-order valence-corrected chi connectivity index (χ1v) is 5.28. The Hall–Kier alpha value is -0.750. The summed E-state index contributed by atoms with van der Waals surface area (Å²) in [6.45, 7) is 2.01. The average Bonchev–Trinajstić information content (AvgIpc) is 2.61. The van der Waals surface area contributed by atoms with Crippen molar-refractivity contribution in [1.82, 2.24) is 20.0 Å². The number of rotatable bonds is 1. The van der Waals surface area contributed by atoms with Crippen LogP contribution in [0.5, 0.6) is 0 Å². The maximum atomic E-state index is 4.30. The van der Waals surface area contributed by atoms with E-state index in [0.717, 1.165) is 20.3 Å². The van der Waals surface area contributed by atoms with Gasteiger partial charge in [0, 0.05) is 12.7 Å². The molecule has 2 aromatic heterocycles. The number of hydrogen-bond acceptors (Lipinski definition) is 4. The topological polar surface area (TPSA) is 43.6 Å². The molecule has 68 valence electrons. The smallest absolute Gasteiger partial charge is 0.183 e. The van der Waals surface area contributed by atoms with Crippen LogP contribution in [0.2, 0.25) is 0 Å². The lowest BCUT2D eigenvalue weighted by Gasteiger charge is -1.88. The monoisotopic (exact) mass is 258 g/mol. The number of hydrogen-bond donors (Lipinski definition) is 0. The van der Waals surface area contributed by atoms with E-state index in [1.165, 1.54) is 11.3 Å². The van der Waals surface area contributed by atoms with E-state index < -0.39 is 0 Å². The molecule has 0 N–H and O–H groups in total. The fraction of sp³-hybridized carbons (Fsp3) is 0.286. The van der Waals surface area contributed by atoms with Crippen molar-refractivity contribution in [3.05, 3.63) is 15.7 Å². The minimum atomic E-state index is 0.783. The van der Waals surface area contributed by atoms with Crippen molar-refractivity contribution in [2.45, 2.75) is 6.92 Å². The largest absolute Gasteiger partial charge is 0.272 e. The zero-order valence-electron chi connectivity index (χ0n) is 7.15. The van der Waals surface area contributed by atoms with E-state index in [9.17, 15) is 0 Å². The second kappa shape index (κ2) is 3.19. The summed E-state index contributed by atoms with van der Waals surface area (Å²) >= 11 is 4.75. The number of aromatic nitrogens is 4. The van der Waals surface area contributed by atoms with Gasteiger partial charge in [-0.3, -0.25) is 4.68 Å². The van der Waals surface area contributed by atoms with Gasteiger partial charge in [0.1, 0.15) is 5.69 Å². The molecule has 0 unspecified atom stereocenters. The Morgan fingerprint density at radius 1 is 1.46 bits per heavy atom. The Kier molecular flexibility index (Phi) is 2.17. The highest BCUT2D eigenvalue weighted by Gasteiger charge is 2.08. The lowest BCUT2D eigenvalue weighted by molar-refractivity contribution is 0.742. The van der Waals surface area contributed by atoms with Crippen LogP contribution in [0.3, 0.4) is 0 Å². The molecule has 0 spiro atoms. The van der Waals surface area contributed by atoms with E-state index in [1.54, 1.807) is 0 Å². The minimum absolute atomic E-state index is 0.783. The summed E-state index contributed by atoms with van der Waals surface area (Å²) in [5.41, 5.74) is 1.99. The summed E-state index contributed by atoms with van der Waals surface area (Å²) in [5.74, 6) is 0. The quantitative estimate of drug-likeness (QED) is 0.786. The molecule has 0 atom stereocenters. The SMILES string of the molecule is Cc1cc(-c2nnc(Br)s2)nn1C. The molecule has 13 heavy (non-hydrogen) atoms. The van der Waals surface area contributed by atoms with E-state index in [4.69, 9.17) is 0 Å². The molecule has 0 aliphatic carbocycles. The van der Waals surface area contributed by atoms with Crippen LogP contribution in [0, 0.1) is 6.92 Å². The second-order valence-electron chi connectivity index (χ2n) is 2.65. The summed E-state index contributed by atoms with van der Waals surface area (Å²) in [7, 11) is 1.91. The van der Waals surface area contributed by atoms with Crippen LogP contribution in [0.25, 0.3) is 10.7 Å². The maximum Gasteiger partial charge on any atom is 0.183 e. The molecular weight excluding hydrogens is 252 g/mol. The van der Waals surface area contributed by atoms with Crippen molar-refractivity contribution in [2.24, 2.45) is 7.05 Å². The number of halogens is 1. The first kappa shape index (κ1) is 8.83. The van der Waals surface area contributed by atoms with Crippen LogP contribution in [-0.4, -0.2) is 20.0 Å². The third-order valence-corrected chi connectivity index (χ3v) is 3.11. The number of aryl methyl sites for hydroxylation is 2. The van der Waals surface area contributed by atoms with Crippen LogP contribution in [0.1, 0.15) is 5.69 Å². The molecule has 2 heterocycles. The summed E-state index contributed by atoms with van der Waals surface area (Å²) in [4.78, 5) is 0. The molecule has 2 aromatic rings. The summed E-state index contributed by atoms with van der Waals surface area (Å²) < 4.78 is 2.61. The predicted octanol–water partition coefficient (Wildman–Crippen LogP) is 2.01. The highest BCUT2D eigenvalue weighted by atomic mass is 79.9. The first-order valence-electron chi connectivity index (χ1n) is 3.67. The molecule has 2 rings (SSSR count).